The summed E-state index contributed by atoms with van der Waals surface area (Å²) in [4.78, 5) is 14.5. The third kappa shape index (κ3) is 7.59. The van der Waals surface area contributed by atoms with E-state index in [9.17, 15) is 18.3 Å². The summed E-state index contributed by atoms with van der Waals surface area (Å²) in [5.41, 5.74) is 1.89. The number of nitrogens with zero attached hydrogens (tertiary/aromatic N) is 2. The molecule has 3 aromatic carbocycles. The predicted octanol–water partition coefficient (Wildman–Crippen LogP) is 4.04. The minimum absolute atomic E-state index is 0.0248. The van der Waals surface area contributed by atoms with Crippen LogP contribution in [-0.2, 0) is 10.0 Å². The third-order valence-corrected chi connectivity index (χ3v) is 9.25. The van der Waals surface area contributed by atoms with E-state index >= 15 is 0 Å². The largest absolute Gasteiger partial charge is 0.497 e. The van der Waals surface area contributed by atoms with Crippen LogP contribution in [0.5, 0.6) is 17.2 Å². The lowest BCUT2D eigenvalue weighted by Gasteiger charge is -2.37. The first-order chi connectivity index (χ1) is 20.5. The van der Waals surface area contributed by atoms with Gasteiger partial charge in [0.15, 0.2) is 0 Å². The minimum atomic E-state index is -4.01. The number of likely N-dealkylation sites (N-methyl/N-ethyl adjacent to an activating group) is 1. The number of aliphatic hydroxyl groups is 1. The Morgan fingerprint density at radius 2 is 1.74 bits per heavy atom. The normalized spacial score (nSPS) is 18.4. The Balaban J connectivity index is 1.65. The van der Waals surface area contributed by atoms with Gasteiger partial charge in [-0.25, -0.2) is 13.2 Å². The molecule has 2 N–H and O–H groups in total. The standard InChI is InChI=1S/C32H37N3O7S/c1-22-19-35(23(2)21-36)43(38,39)31-16-13-25(10-9-24-11-14-27(40-4)15-12-24)17-29(31)42-30(22)20-34(3)32(37)33-26-7-6-8-28(18-26)41-5/h6-8,11-18,22-23,30,36H,19-21H2,1-5H3,(H,33,37)/t22-,23-,30-/m0/s1. The number of hydrogen-bond acceptors (Lipinski definition) is 7. The second-order valence-corrected chi connectivity index (χ2v) is 12.3. The van der Waals surface area contributed by atoms with Crippen LogP contribution in [0.4, 0.5) is 10.5 Å². The first-order valence-electron chi connectivity index (χ1n) is 13.8. The number of aliphatic hydroxyl groups excluding tert-OH is 1. The predicted molar refractivity (Wildman–Crippen MR) is 164 cm³/mol. The average molecular weight is 608 g/mol. The number of benzene rings is 3. The highest BCUT2D eigenvalue weighted by Gasteiger charge is 2.38. The van der Waals surface area contributed by atoms with E-state index in [-0.39, 0.29) is 42.3 Å². The maximum Gasteiger partial charge on any atom is 0.321 e. The van der Waals surface area contributed by atoms with Gasteiger partial charge in [-0.2, -0.15) is 4.31 Å². The summed E-state index contributed by atoms with van der Waals surface area (Å²) >= 11 is 0. The topological polar surface area (TPSA) is 118 Å². The average Bonchev–Trinajstić information content (AvgIpc) is 3.01. The van der Waals surface area contributed by atoms with Gasteiger partial charge in [-0.1, -0.05) is 24.8 Å². The van der Waals surface area contributed by atoms with Crippen LogP contribution in [0.2, 0.25) is 0 Å². The van der Waals surface area contributed by atoms with Gasteiger partial charge in [0.1, 0.15) is 28.2 Å². The molecule has 11 heteroatoms. The van der Waals surface area contributed by atoms with Crippen molar-refractivity contribution < 1.29 is 32.5 Å². The zero-order valence-electron chi connectivity index (χ0n) is 24.9. The number of carbonyl (C=O) groups excluding carboxylic acids is 1. The van der Waals surface area contributed by atoms with Gasteiger partial charge < -0.3 is 29.5 Å². The second kappa shape index (κ2) is 13.8. The lowest BCUT2D eigenvalue weighted by atomic mass is 10.0. The van der Waals surface area contributed by atoms with E-state index in [1.165, 1.54) is 15.3 Å². The lowest BCUT2D eigenvalue weighted by Crippen LogP contribution is -2.50. The Morgan fingerprint density at radius 3 is 2.42 bits per heavy atom. The summed E-state index contributed by atoms with van der Waals surface area (Å²) in [7, 11) is 0.776. The second-order valence-electron chi connectivity index (χ2n) is 10.4. The van der Waals surface area contributed by atoms with E-state index in [1.54, 1.807) is 64.6 Å². The first kappa shape index (κ1) is 31.7. The van der Waals surface area contributed by atoms with Crippen LogP contribution < -0.4 is 19.5 Å². The van der Waals surface area contributed by atoms with Crippen LogP contribution in [0.1, 0.15) is 25.0 Å². The van der Waals surface area contributed by atoms with Crippen molar-refractivity contribution in [2.45, 2.75) is 30.9 Å². The van der Waals surface area contributed by atoms with Gasteiger partial charge in [0, 0.05) is 48.4 Å². The summed E-state index contributed by atoms with van der Waals surface area (Å²) in [6.45, 7) is 3.44. The highest BCUT2D eigenvalue weighted by Crippen LogP contribution is 2.34. The molecule has 0 bridgehead atoms. The van der Waals surface area contributed by atoms with Gasteiger partial charge >= 0.3 is 6.03 Å². The molecule has 10 nitrogen and oxygen atoms in total. The van der Waals surface area contributed by atoms with Crippen LogP contribution in [0.25, 0.3) is 0 Å². The summed E-state index contributed by atoms with van der Waals surface area (Å²) in [6, 6.07) is 18.0. The zero-order valence-corrected chi connectivity index (χ0v) is 25.7. The molecule has 228 valence electrons. The first-order valence-corrected chi connectivity index (χ1v) is 15.3. The number of hydrogen-bond donors (Lipinski definition) is 2. The third-order valence-electron chi connectivity index (χ3n) is 7.23. The molecule has 0 fully saturated rings. The Kier molecular flexibility index (Phi) is 10.2. The summed E-state index contributed by atoms with van der Waals surface area (Å²) in [5, 5.41) is 12.8. The molecule has 0 unspecified atom stereocenters. The summed E-state index contributed by atoms with van der Waals surface area (Å²) < 4.78 is 45.6. The van der Waals surface area contributed by atoms with Gasteiger partial charge in [-0.05, 0) is 61.5 Å². The lowest BCUT2D eigenvalue weighted by molar-refractivity contribution is 0.0830. The van der Waals surface area contributed by atoms with E-state index in [4.69, 9.17) is 14.2 Å². The van der Waals surface area contributed by atoms with Crippen molar-refractivity contribution in [3.8, 4) is 29.1 Å². The number of amides is 2. The van der Waals surface area contributed by atoms with Crippen LogP contribution in [0.3, 0.4) is 0 Å². The maximum atomic E-state index is 13.8. The molecule has 3 atom stereocenters. The number of ether oxygens (including phenoxy) is 3. The summed E-state index contributed by atoms with van der Waals surface area (Å²) in [5.74, 6) is 7.28. The van der Waals surface area contributed by atoms with Crippen molar-refractivity contribution in [2.24, 2.45) is 5.92 Å². The minimum Gasteiger partial charge on any atom is -0.497 e. The molecule has 2 amide bonds. The molecule has 0 saturated carbocycles. The fourth-order valence-corrected chi connectivity index (χ4v) is 6.44. The number of methoxy groups -OCH3 is 2. The molecule has 1 aliphatic rings. The number of nitrogens with one attached hydrogen (secondary N) is 1. The van der Waals surface area contributed by atoms with E-state index in [1.807, 2.05) is 31.2 Å². The molecular weight excluding hydrogens is 570 g/mol. The molecule has 1 aliphatic heterocycles. The van der Waals surface area contributed by atoms with Gasteiger partial charge in [-0.15, -0.1) is 0 Å². The Bertz CT molecular complexity index is 1600. The molecule has 0 radical (unpaired) electrons. The van der Waals surface area contributed by atoms with Crippen molar-refractivity contribution in [3.05, 3.63) is 77.9 Å². The van der Waals surface area contributed by atoms with Crippen molar-refractivity contribution in [1.29, 1.82) is 0 Å². The van der Waals surface area contributed by atoms with Crippen molar-refractivity contribution in [3.63, 3.8) is 0 Å². The fraction of sp³-hybridized carbons (Fsp3) is 0.344. The van der Waals surface area contributed by atoms with Crippen LogP contribution in [0.15, 0.2) is 71.6 Å². The van der Waals surface area contributed by atoms with Crippen molar-refractivity contribution in [2.75, 3.05) is 46.3 Å². The zero-order chi connectivity index (χ0) is 31.1. The van der Waals surface area contributed by atoms with E-state index in [0.717, 1.165) is 5.56 Å². The molecule has 0 aliphatic carbocycles. The molecule has 3 aromatic rings. The van der Waals surface area contributed by atoms with Gasteiger partial charge in [0.05, 0.1) is 27.4 Å². The van der Waals surface area contributed by atoms with Gasteiger partial charge in [-0.3, -0.25) is 0 Å². The van der Waals surface area contributed by atoms with Crippen LogP contribution in [-0.4, -0.2) is 81.9 Å². The maximum absolute atomic E-state index is 13.8. The molecule has 0 spiro atoms. The van der Waals surface area contributed by atoms with Crippen molar-refractivity contribution >= 4 is 21.7 Å². The number of sulfonamides is 1. The molecule has 4 rings (SSSR count). The van der Waals surface area contributed by atoms with E-state index < -0.39 is 22.2 Å². The van der Waals surface area contributed by atoms with Gasteiger partial charge in [0.25, 0.3) is 0 Å². The number of carbonyl (C=O) groups is 1. The van der Waals surface area contributed by atoms with Crippen LogP contribution >= 0.6 is 0 Å². The number of urea groups is 1. The highest BCUT2D eigenvalue weighted by atomic mass is 32.2. The summed E-state index contributed by atoms with van der Waals surface area (Å²) in [6.07, 6.45) is -0.575. The molecule has 43 heavy (non-hydrogen) atoms. The molecule has 0 saturated heterocycles. The Labute approximate surface area is 253 Å². The smallest absolute Gasteiger partial charge is 0.321 e. The van der Waals surface area contributed by atoms with Crippen LogP contribution in [0, 0.1) is 17.8 Å². The number of fused-ring (bicyclic) bond motifs is 1. The van der Waals surface area contributed by atoms with Gasteiger partial charge in [0.2, 0.25) is 10.0 Å². The van der Waals surface area contributed by atoms with E-state index in [0.29, 0.717) is 22.7 Å². The number of anilines is 1. The molecule has 0 aromatic heterocycles. The highest BCUT2D eigenvalue weighted by molar-refractivity contribution is 7.89. The monoisotopic (exact) mass is 607 g/mol. The number of rotatable bonds is 7. The van der Waals surface area contributed by atoms with E-state index in [2.05, 4.69) is 17.2 Å². The fourth-order valence-electron chi connectivity index (χ4n) is 4.61. The molecule has 1 heterocycles. The SMILES string of the molecule is COc1ccc(C#Cc2ccc3c(c2)O[C@@H](CN(C)C(=O)Nc2cccc(OC)c2)[C@@H](C)CN([C@@H](C)CO)S3(=O)=O)cc1. The Morgan fingerprint density at radius 1 is 1.07 bits per heavy atom. The van der Waals surface area contributed by atoms with Crippen molar-refractivity contribution in [1.82, 2.24) is 9.21 Å². The molecular formula is C32H37N3O7S. The Hall–Kier alpha value is -4.24. The quantitative estimate of drug-likeness (QED) is 0.390.